The van der Waals surface area contributed by atoms with E-state index in [0.717, 1.165) is 24.2 Å². The number of thiazole rings is 1. The number of nitrogens with zero attached hydrogens (tertiary/aromatic N) is 1. The molecule has 1 aromatic heterocycles. The zero-order valence-corrected chi connectivity index (χ0v) is 13.4. The van der Waals surface area contributed by atoms with Crippen LogP contribution in [0.1, 0.15) is 0 Å². The van der Waals surface area contributed by atoms with Gasteiger partial charge in [-0.2, -0.15) is 0 Å². The molecule has 0 amide bonds. The molecule has 19 heavy (non-hydrogen) atoms. The number of benzene rings is 2. The maximum absolute atomic E-state index is 13.2. The number of hydrogen-bond donors (Lipinski definition) is 1. The van der Waals surface area contributed by atoms with Crippen LogP contribution in [0.3, 0.4) is 0 Å². The van der Waals surface area contributed by atoms with Crippen LogP contribution in [0.5, 0.6) is 0 Å². The first-order valence-corrected chi connectivity index (χ1v) is 7.76. The van der Waals surface area contributed by atoms with Crippen LogP contribution in [-0.2, 0) is 0 Å². The quantitative estimate of drug-likeness (QED) is 0.568. The van der Waals surface area contributed by atoms with Gasteiger partial charge >= 0.3 is 0 Å². The van der Waals surface area contributed by atoms with Gasteiger partial charge in [-0.25, -0.2) is 9.37 Å². The molecule has 2 nitrogen and oxygen atoms in total. The van der Waals surface area contributed by atoms with Crippen molar-refractivity contribution >= 4 is 59.1 Å². The first kappa shape index (κ1) is 13.0. The van der Waals surface area contributed by atoms with E-state index in [1.54, 1.807) is 6.07 Å². The van der Waals surface area contributed by atoms with Crippen molar-refractivity contribution in [2.75, 3.05) is 5.73 Å². The van der Waals surface area contributed by atoms with Gasteiger partial charge in [-0.1, -0.05) is 15.9 Å². The van der Waals surface area contributed by atoms with Crippen LogP contribution in [0.2, 0.25) is 0 Å². The molecule has 0 unspecified atom stereocenters. The minimum absolute atomic E-state index is 0.284. The van der Waals surface area contributed by atoms with Crippen molar-refractivity contribution in [1.82, 2.24) is 4.98 Å². The van der Waals surface area contributed by atoms with E-state index in [-0.39, 0.29) is 5.82 Å². The van der Waals surface area contributed by atoms with E-state index in [1.165, 1.54) is 23.5 Å². The molecule has 3 aromatic rings. The summed E-state index contributed by atoms with van der Waals surface area (Å²) >= 11 is 8.33. The lowest BCUT2D eigenvalue weighted by Gasteiger charge is -2.05. The average Bonchev–Trinajstić information content (AvgIpc) is 2.76. The molecule has 6 heteroatoms. The highest BCUT2D eigenvalue weighted by Crippen LogP contribution is 2.38. The Hall–Kier alpha value is -0.980. The summed E-state index contributed by atoms with van der Waals surface area (Å²) in [4.78, 5) is 4.44. The molecular formula is C13H7Br2FN2S. The number of fused-ring (bicyclic) bond motifs is 1. The van der Waals surface area contributed by atoms with Crippen molar-refractivity contribution in [3.8, 4) is 10.6 Å². The van der Waals surface area contributed by atoms with Gasteiger partial charge in [-0.05, 0) is 40.2 Å². The van der Waals surface area contributed by atoms with Crippen LogP contribution in [0.25, 0.3) is 20.8 Å². The largest absolute Gasteiger partial charge is 0.397 e. The summed E-state index contributed by atoms with van der Waals surface area (Å²) in [7, 11) is 0. The summed E-state index contributed by atoms with van der Waals surface area (Å²) in [6.45, 7) is 0. The third-order valence-electron chi connectivity index (χ3n) is 2.67. The Balaban J connectivity index is 2.24. The van der Waals surface area contributed by atoms with Gasteiger partial charge < -0.3 is 5.73 Å². The van der Waals surface area contributed by atoms with Gasteiger partial charge in [0.2, 0.25) is 0 Å². The lowest BCUT2D eigenvalue weighted by molar-refractivity contribution is 0.629. The van der Waals surface area contributed by atoms with Crippen LogP contribution in [0.15, 0.2) is 39.3 Å². The fourth-order valence-electron chi connectivity index (χ4n) is 1.78. The Morgan fingerprint density at radius 2 is 1.95 bits per heavy atom. The Morgan fingerprint density at radius 3 is 2.74 bits per heavy atom. The fraction of sp³-hybridized carbons (Fsp3) is 0. The van der Waals surface area contributed by atoms with Gasteiger partial charge in [-0.3, -0.25) is 0 Å². The van der Waals surface area contributed by atoms with Crippen LogP contribution in [-0.4, -0.2) is 4.98 Å². The molecule has 2 aromatic carbocycles. The van der Waals surface area contributed by atoms with Gasteiger partial charge in [0.15, 0.2) is 0 Å². The predicted molar refractivity (Wildman–Crippen MR) is 84.8 cm³/mol. The third kappa shape index (κ3) is 2.40. The predicted octanol–water partition coefficient (Wildman–Crippen LogP) is 5.21. The van der Waals surface area contributed by atoms with Gasteiger partial charge in [0.1, 0.15) is 10.8 Å². The van der Waals surface area contributed by atoms with E-state index in [1.807, 2.05) is 12.1 Å². The van der Waals surface area contributed by atoms with Crippen LogP contribution in [0, 0.1) is 5.82 Å². The first-order chi connectivity index (χ1) is 9.04. The monoisotopic (exact) mass is 400 g/mol. The number of hydrogen-bond acceptors (Lipinski definition) is 3. The van der Waals surface area contributed by atoms with Gasteiger partial charge in [-0.15, -0.1) is 11.3 Å². The minimum Gasteiger partial charge on any atom is -0.397 e. The second-order valence-electron chi connectivity index (χ2n) is 3.98. The van der Waals surface area contributed by atoms with E-state index >= 15 is 0 Å². The molecule has 0 fully saturated rings. The fourth-order valence-corrected chi connectivity index (χ4v) is 3.98. The molecule has 0 aliphatic carbocycles. The smallest absolute Gasteiger partial charge is 0.126 e. The van der Waals surface area contributed by atoms with Crippen molar-refractivity contribution in [2.24, 2.45) is 0 Å². The lowest BCUT2D eigenvalue weighted by Crippen LogP contribution is -1.91. The van der Waals surface area contributed by atoms with Crippen LogP contribution >= 0.6 is 43.2 Å². The molecule has 0 bridgehead atoms. The summed E-state index contributed by atoms with van der Waals surface area (Å²) in [5.74, 6) is -0.284. The molecular weight excluding hydrogens is 395 g/mol. The molecule has 0 atom stereocenters. The average molecular weight is 402 g/mol. The lowest BCUT2D eigenvalue weighted by atomic mass is 10.2. The maximum Gasteiger partial charge on any atom is 0.126 e. The summed E-state index contributed by atoms with van der Waals surface area (Å²) < 4.78 is 15.8. The number of anilines is 1. The van der Waals surface area contributed by atoms with Gasteiger partial charge in [0.25, 0.3) is 0 Å². The van der Waals surface area contributed by atoms with E-state index < -0.39 is 0 Å². The second kappa shape index (κ2) is 4.85. The topological polar surface area (TPSA) is 38.9 Å². The highest BCUT2D eigenvalue weighted by molar-refractivity contribution is 9.11. The summed E-state index contributed by atoms with van der Waals surface area (Å²) in [5.41, 5.74) is 8.17. The summed E-state index contributed by atoms with van der Waals surface area (Å²) in [6.07, 6.45) is 0. The van der Waals surface area contributed by atoms with E-state index in [2.05, 4.69) is 36.8 Å². The number of nitrogen functional groups attached to an aromatic ring is 1. The maximum atomic E-state index is 13.2. The van der Waals surface area contributed by atoms with Crippen molar-refractivity contribution in [3.63, 3.8) is 0 Å². The van der Waals surface area contributed by atoms with Gasteiger partial charge in [0, 0.05) is 20.6 Å². The number of aromatic nitrogens is 1. The Morgan fingerprint density at radius 1 is 1.16 bits per heavy atom. The first-order valence-electron chi connectivity index (χ1n) is 5.35. The molecule has 0 aliphatic rings. The minimum atomic E-state index is -0.284. The normalized spacial score (nSPS) is 11.1. The molecule has 96 valence electrons. The Kier molecular flexibility index (Phi) is 3.32. The Labute approximate surface area is 129 Å². The molecule has 0 aliphatic heterocycles. The van der Waals surface area contributed by atoms with E-state index in [0.29, 0.717) is 11.2 Å². The van der Waals surface area contributed by atoms with E-state index in [9.17, 15) is 4.39 Å². The molecule has 0 saturated carbocycles. The molecule has 0 spiro atoms. The molecule has 3 rings (SSSR count). The molecule has 1 heterocycles. The second-order valence-corrected chi connectivity index (χ2v) is 6.78. The number of nitrogens with two attached hydrogens (primary N) is 1. The molecule has 2 N–H and O–H groups in total. The summed E-state index contributed by atoms with van der Waals surface area (Å²) in [5, 5.41) is 0.778. The number of halogens is 3. The van der Waals surface area contributed by atoms with Crippen molar-refractivity contribution < 1.29 is 4.39 Å². The highest BCUT2D eigenvalue weighted by atomic mass is 79.9. The van der Waals surface area contributed by atoms with Crippen LogP contribution < -0.4 is 5.73 Å². The van der Waals surface area contributed by atoms with E-state index in [4.69, 9.17) is 5.73 Å². The third-order valence-corrected chi connectivity index (χ3v) is 4.86. The zero-order valence-electron chi connectivity index (χ0n) is 9.45. The van der Waals surface area contributed by atoms with Crippen LogP contribution in [0.4, 0.5) is 10.1 Å². The van der Waals surface area contributed by atoms with Crippen molar-refractivity contribution in [3.05, 3.63) is 45.1 Å². The van der Waals surface area contributed by atoms with Crippen molar-refractivity contribution in [2.45, 2.75) is 0 Å². The molecule has 0 saturated heterocycles. The van der Waals surface area contributed by atoms with Crippen molar-refractivity contribution in [1.29, 1.82) is 0 Å². The SMILES string of the molecule is Nc1c(Br)cc(Br)cc1-c1nc2cc(F)ccc2s1. The molecule has 0 radical (unpaired) electrons. The Bertz CT molecular complexity index is 786. The zero-order chi connectivity index (χ0) is 13.6. The standard InChI is InChI=1S/C13H7Br2FN2S/c14-6-3-8(12(17)9(15)4-6)13-18-10-5-7(16)1-2-11(10)19-13/h1-5H,17H2. The van der Waals surface area contributed by atoms with Gasteiger partial charge in [0.05, 0.1) is 15.9 Å². The highest BCUT2D eigenvalue weighted by Gasteiger charge is 2.12. The number of rotatable bonds is 1. The summed E-state index contributed by atoms with van der Waals surface area (Å²) in [6, 6.07) is 8.39.